The number of pyridine rings is 1. The minimum absolute atomic E-state index is 0.118. The lowest BCUT2D eigenvalue weighted by Crippen LogP contribution is -2.12. The minimum atomic E-state index is -4.72. The third-order valence-electron chi connectivity index (χ3n) is 2.69. The van der Waals surface area contributed by atoms with Crippen molar-refractivity contribution in [2.45, 2.75) is 6.18 Å². The van der Waals surface area contributed by atoms with Crippen LogP contribution in [0.5, 0.6) is 0 Å². The van der Waals surface area contributed by atoms with Gasteiger partial charge in [-0.1, -0.05) is 16.0 Å². The first-order valence-electron chi connectivity index (χ1n) is 6.09. The van der Waals surface area contributed by atoms with E-state index in [0.717, 1.165) is 12.1 Å². The minimum Gasteiger partial charge on any atom is -0.591 e. The predicted molar refractivity (Wildman–Crippen MR) is 80.4 cm³/mol. The van der Waals surface area contributed by atoms with E-state index >= 15 is 0 Å². The fourth-order valence-electron chi connectivity index (χ4n) is 1.78. The maximum absolute atomic E-state index is 13.6. The van der Waals surface area contributed by atoms with Crippen molar-refractivity contribution in [3.63, 3.8) is 0 Å². The number of alkyl halides is 3. The Balaban J connectivity index is 2.61. The molecular weight excluding hydrogens is 356 g/mol. The summed E-state index contributed by atoms with van der Waals surface area (Å²) in [5, 5.41) is 0.306. The second-order valence-corrected chi connectivity index (χ2v) is 5.92. The highest BCUT2D eigenvalue weighted by Crippen LogP contribution is 2.31. The van der Waals surface area contributed by atoms with E-state index in [9.17, 15) is 22.1 Å². The van der Waals surface area contributed by atoms with Crippen molar-refractivity contribution < 1.29 is 22.1 Å². The molecule has 23 heavy (non-hydrogen) atoms. The summed E-state index contributed by atoms with van der Waals surface area (Å²) in [6.07, 6.45) is -2.23. The van der Waals surface area contributed by atoms with E-state index in [2.05, 4.69) is 9.38 Å². The summed E-state index contributed by atoms with van der Waals surface area (Å²) in [5.41, 5.74) is -1.34. The van der Waals surface area contributed by atoms with Gasteiger partial charge in [-0.25, -0.2) is 4.39 Å². The largest absolute Gasteiger partial charge is 0.591 e. The van der Waals surface area contributed by atoms with Gasteiger partial charge in [-0.15, -0.1) is 0 Å². The fourth-order valence-corrected chi connectivity index (χ4v) is 2.35. The van der Waals surface area contributed by atoms with Gasteiger partial charge >= 0.3 is 6.18 Å². The molecule has 1 aromatic carbocycles. The zero-order valence-electron chi connectivity index (χ0n) is 11.6. The van der Waals surface area contributed by atoms with E-state index in [1.165, 1.54) is 24.6 Å². The standard InChI is InChI=1S/C14H9ClF4N2OS/c1-23(22)21-13(12-3-2-10(15)7-20-12)8-4-9(14(17,18)19)6-11(16)5-8/h2-7H,1H3. The fraction of sp³-hybridized carbons (Fsp3) is 0.143. The molecule has 0 saturated heterocycles. The molecule has 0 fully saturated rings. The maximum Gasteiger partial charge on any atom is 0.416 e. The number of benzene rings is 1. The summed E-state index contributed by atoms with van der Waals surface area (Å²) in [5.74, 6) is -1.08. The number of aromatic nitrogens is 1. The normalized spacial score (nSPS) is 14.0. The van der Waals surface area contributed by atoms with Crippen LogP contribution in [0, 0.1) is 5.82 Å². The van der Waals surface area contributed by atoms with Gasteiger partial charge < -0.3 is 4.55 Å². The van der Waals surface area contributed by atoms with Gasteiger partial charge in [0.05, 0.1) is 27.6 Å². The van der Waals surface area contributed by atoms with Gasteiger partial charge in [0.25, 0.3) is 0 Å². The third kappa shape index (κ3) is 4.66. The molecule has 1 atom stereocenters. The van der Waals surface area contributed by atoms with Gasteiger partial charge in [0, 0.05) is 11.8 Å². The van der Waals surface area contributed by atoms with E-state index in [4.69, 9.17) is 11.6 Å². The first-order valence-corrected chi connectivity index (χ1v) is 7.98. The third-order valence-corrected chi connectivity index (χ3v) is 3.35. The lowest BCUT2D eigenvalue weighted by molar-refractivity contribution is -0.137. The number of rotatable bonds is 3. The molecule has 0 aliphatic rings. The van der Waals surface area contributed by atoms with Crippen LogP contribution in [-0.2, 0) is 17.5 Å². The lowest BCUT2D eigenvalue weighted by atomic mass is 10.0. The van der Waals surface area contributed by atoms with Crippen molar-refractivity contribution in [1.29, 1.82) is 0 Å². The quantitative estimate of drug-likeness (QED) is 0.469. The van der Waals surface area contributed by atoms with Crippen molar-refractivity contribution in [3.8, 4) is 0 Å². The first kappa shape index (κ1) is 17.7. The highest BCUT2D eigenvalue weighted by Gasteiger charge is 2.32. The Hall–Kier alpha value is -1.64. The van der Waals surface area contributed by atoms with Crippen molar-refractivity contribution in [3.05, 3.63) is 64.2 Å². The molecule has 1 unspecified atom stereocenters. The smallest absolute Gasteiger partial charge is 0.416 e. The molecule has 0 radical (unpaired) electrons. The van der Waals surface area contributed by atoms with Crippen molar-refractivity contribution in [2.75, 3.05) is 6.26 Å². The summed E-state index contributed by atoms with van der Waals surface area (Å²) in [7, 11) is 0. The van der Waals surface area contributed by atoms with E-state index < -0.39 is 28.9 Å². The summed E-state index contributed by atoms with van der Waals surface area (Å²) in [6.45, 7) is 0. The zero-order chi connectivity index (χ0) is 17.2. The van der Waals surface area contributed by atoms with E-state index in [1.807, 2.05) is 0 Å². The molecule has 1 heterocycles. The molecule has 0 amide bonds. The Labute approximate surface area is 137 Å². The predicted octanol–water partition coefficient (Wildman–Crippen LogP) is 4.02. The Morgan fingerprint density at radius 3 is 2.48 bits per heavy atom. The average Bonchev–Trinajstić information content (AvgIpc) is 2.44. The Kier molecular flexibility index (Phi) is 5.28. The van der Waals surface area contributed by atoms with Crippen LogP contribution in [-0.4, -0.2) is 21.5 Å². The average molecular weight is 365 g/mol. The van der Waals surface area contributed by atoms with Gasteiger partial charge in [-0.2, -0.15) is 13.2 Å². The van der Waals surface area contributed by atoms with Gasteiger partial charge in [0.15, 0.2) is 0 Å². The van der Waals surface area contributed by atoms with Crippen LogP contribution in [0.4, 0.5) is 17.6 Å². The van der Waals surface area contributed by atoms with Gasteiger partial charge in [0.1, 0.15) is 17.8 Å². The summed E-state index contributed by atoms with van der Waals surface area (Å²) >= 11 is 3.98. The first-order chi connectivity index (χ1) is 10.7. The van der Waals surface area contributed by atoms with Crippen molar-refractivity contribution >= 4 is 28.7 Å². The molecule has 0 spiro atoms. The molecule has 2 rings (SSSR count). The Bertz CT molecular complexity index is 733. The van der Waals surface area contributed by atoms with Gasteiger partial charge in [-0.3, -0.25) is 4.98 Å². The Morgan fingerprint density at radius 1 is 1.26 bits per heavy atom. The molecule has 0 aliphatic carbocycles. The van der Waals surface area contributed by atoms with Crippen LogP contribution in [0.3, 0.4) is 0 Å². The number of halogens is 5. The van der Waals surface area contributed by atoms with Crippen LogP contribution in [0.2, 0.25) is 5.02 Å². The molecule has 9 heteroatoms. The van der Waals surface area contributed by atoms with Gasteiger partial charge in [-0.05, 0) is 30.3 Å². The van der Waals surface area contributed by atoms with Crippen molar-refractivity contribution in [1.82, 2.24) is 4.98 Å². The topological polar surface area (TPSA) is 48.3 Å². The molecule has 3 nitrogen and oxygen atoms in total. The summed E-state index contributed by atoms with van der Waals surface area (Å²) in [6, 6.07) is 4.82. The van der Waals surface area contributed by atoms with E-state index in [0.29, 0.717) is 11.1 Å². The van der Waals surface area contributed by atoms with Crippen LogP contribution in [0.25, 0.3) is 0 Å². The summed E-state index contributed by atoms with van der Waals surface area (Å²) < 4.78 is 67.2. The second-order valence-electron chi connectivity index (χ2n) is 4.45. The summed E-state index contributed by atoms with van der Waals surface area (Å²) in [4.78, 5) is 3.93. The maximum atomic E-state index is 13.6. The van der Waals surface area contributed by atoms with Crippen LogP contribution in [0.1, 0.15) is 16.8 Å². The zero-order valence-corrected chi connectivity index (χ0v) is 13.1. The molecule has 0 saturated carbocycles. The van der Waals surface area contributed by atoms with Crippen LogP contribution >= 0.6 is 11.6 Å². The molecule has 0 N–H and O–H groups in total. The second kappa shape index (κ2) is 6.86. The molecule has 1 aromatic heterocycles. The number of nitrogens with zero attached hydrogens (tertiary/aromatic N) is 2. The molecule has 0 aliphatic heterocycles. The highest BCUT2D eigenvalue weighted by molar-refractivity contribution is 7.89. The van der Waals surface area contributed by atoms with Gasteiger partial charge in [0.2, 0.25) is 0 Å². The molecule has 0 bridgehead atoms. The number of hydrogen-bond acceptors (Lipinski definition) is 3. The SMILES string of the molecule is C[S+]([O-])N=C(c1cc(F)cc(C(F)(F)F)c1)c1ccc(Cl)cn1. The Morgan fingerprint density at radius 2 is 1.96 bits per heavy atom. The monoisotopic (exact) mass is 364 g/mol. The van der Waals surface area contributed by atoms with E-state index in [1.54, 1.807) is 0 Å². The lowest BCUT2D eigenvalue weighted by Gasteiger charge is -2.11. The molecule has 2 aromatic rings. The van der Waals surface area contributed by atoms with Crippen LogP contribution in [0.15, 0.2) is 40.9 Å². The molecular formula is C14H9ClF4N2OS. The van der Waals surface area contributed by atoms with Crippen molar-refractivity contribution in [2.24, 2.45) is 4.40 Å². The van der Waals surface area contributed by atoms with Crippen LogP contribution < -0.4 is 0 Å². The highest BCUT2D eigenvalue weighted by atomic mass is 35.5. The molecule has 122 valence electrons. The van der Waals surface area contributed by atoms with E-state index in [-0.39, 0.29) is 17.0 Å². The number of hydrogen-bond donors (Lipinski definition) is 0.